The van der Waals surface area contributed by atoms with Crippen molar-refractivity contribution < 1.29 is 36.2 Å². The Morgan fingerprint density at radius 1 is 1.28 bits per heavy atom. The predicted octanol–water partition coefficient (Wildman–Crippen LogP) is 6.43. The standard InChI is InChI=1S/C31H30F6N6O2S/c1-2-42(8-4-10-44)28-18-11-20(31(35,36)37)23(17-5-6-21(33)26-22(17)19(13-38)27(39)46-26)24(34)25(18)40-29(41-28)45-15-30-7-3-9-43(30)14-16(32)12-30/h5-6,11,16,44H,2-4,7-10,12,14-15,39H2,1H3. The van der Waals surface area contributed by atoms with Crippen LogP contribution in [0.3, 0.4) is 0 Å². The van der Waals surface area contributed by atoms with Crippen molar-refractivity contribution in [2.45, 2.75) is 50.5 Å². The third-order valence-electron chi connectivity index (χ3n) is 8.89. The average molecular weight is 665 g/mol. The monoisotopic (exact) mass is 664 g/mol. The second-order valence-electron chi connectivity index (χ2n) is 11.6. The van der Waals surface area contributed by atoms with Crippen LogP contribution >= 0.6 is 11.3 Å². The number of nitriles is 1. The Morgan fingerprint density at radius 3 is 2.76 bits per heavy atom. The summed E-state index contributed by atoms with van der Waals surface area (Å²) in [5.41, 5.74) is 1.89. The predicted molar refractivity (Wildman–Crippen MR) is 163 cm³/mol. The second kappa shape index (κ2) is 12.1. The fourth-order valence-electron chi connectivity index (χ4n) is 6.82. The van der Waals surface area contributed by atoms with Crippen molar-refractivity contribution in [1.82, 2.24) is 14.9 Å². The topological polar surface area (TPSA) is 112 Å². The molecule has 0 spiro atoms. The first-order chi connectivity index (χ1) is 21.9. The maximum atomic E-state index is 16.8. The zero-order chi connectivity index (χ0) is 33.0. The van der Waals surface area contributed by atoms with Crippen LogP contribution in [-0.2, 0) is 6.18 Å². The van der Waals surface area contributed by atoms with Crippen molar-refractivity contribution >= 4 is 43.1 Å². The molecule has 4 heterocycles. The molecule has 2 saturated heterocycles. The highest BCUT2D eigenvalue weighted by Gasteiger charge is 2.49. The number of thiophene rings is 1. The fourth-order valence-corrected chi connectivity index (χ4v) is 7.76. The number of nitrogen functional groups attached to an aromatic ring is 1. The number of rotatable bonds is 9. The average Bonchev–Trinajstić information content (AvgIpc) is 3.66. The lowest BCUT2D eigenvalue weighted by molar-refractivity contribution is -0.137. The fraction of sp³-hybridized carbons (Fsp3) is 0.452. The van der Waals surface area contributed by atoms with Gasteiger partial charge in [-0.05, 0) is 50.4 Å². The van der Waals surface area contributed by atoms with Gasteiger partial charge in [-0.1, -0.05) is 6.07 Å². The third kappa shape index (κ3) is 5.35. The number of nitrogens with two attached hydrogens (primary N) is 1. The number of hydrogen-bond acceptors (Lipinski definition) is 9. The molecule has 2 aromatic heterocycles. The van der Waals surface area contributed by atoms with Crippen molar-refractivity contribution in [2.24, 2.45) is 0 Å². The van der Waals surface area contributed by atoms with Crippen molar-refractivity contribution in [3.05, 3.63) is 41.0 Å². The van der Waals surface area contributed by atoms with Crippen molar-refractivity contribution in [1.29, 1.82) is 5.26 Å². The molecule has 2 fully saturated rings. The Balaban J connectivity index is 1.60. The molecular formula is C31H30F6N6O2S. The Bertz CT molecular complexity index is 1860. The van der Waals surface area contributed by atoms with Gasteiger partial charge in [0.15, 0.2) is 5.82 Å². The van der Waals surface area contributed by atoms with E-state index in [1.54, 1.807) is 17.9 Å². The SMILES string of the molecule is CCN(CCCO)c1nc(OCC23CCCN2CC(F)C3)nc2c(F)c(-c3ccc(F)c4sc(N)c(C#N)c34)c(C(F)(F)F)cc12. The Morgan fingerprint density at radius 2 is 2.07 bits per heavy atom. The van der Waals surface area contributed by atoms with E-state index < -0.39 is 46.2 Å². The Kier molecular flexibility index (Phi) is 8.41. The lowest BCUT2D eigenvalue weighted by Crippen LogP contribution is -2.43. The molecule has 8 nitrogen and oxygen atoms in total. The Labute approximate surface area is 264 Å². The van der Waals surface area contributed by atoms with Crippen molar-refractivity contribution in [2.75, 3.05) is 50.0 Å². The number of anilines is 2. The molecule has 0 aliphatic carbocycles. The molecule has 2 unspecified atom stereocenters. The summed E-state index contributed by atoms with van der Waals surface area (Å²) >= 11 is 0.680. The van der Waals surface area contributed by atoms with Gasteiger partial charge in [-0.3, -0.25) is 4.90 Å². The van der Waals surface area contributed by atoms with Crippen molar-refractivity contribution in [3.8, 4) is 23.2 Å². The van der Waals surface area contributed by atoms with Gasteiger partial charge in [-0.15, -0.1) is 11.3 Å². The zero-order valence-electron chi connectivity index (χ0n) is 24.7. The highest BCUT2D eigenvalue weighted by molar-refractivity contribution is 7.23. The van der Waals surface area contributed by atoms with Gasteiger partial charge in [0, 0.05) is 49.0 Å². The van der Waals surface area contributed by atoms with E-state index in [9.17, 15) is 32.3 Å². The summed E-state index contributed by atoms with van der Waals surface area (Å²) in [5.74, 6) is -2.23. The minimum atomic E-state index is -5.09. The number of fused-ring (bicyclic) bond motifs is 3. The minimum Gasteiger partial charge on any atom is -0.461 e. The Hall–Kier alpha value is -3.87. The quantitative estimate of drug-likeness (QED) is 0.197. The summed E-state index contributed by atoms with van der Waals surface area (Å²) < 4.78 is 96.2. The third-order valence-corrected chi connectivity index (χ3v) is 9.92. The lowest BCUT2D eigenvalue weighted by Gasteiger charge is -2.31. The zero-order valence-corrected chi connectivity index (χ0v) is 25.5. The number of aromatic nitrogens is 2. The maximum absolute atomic E-state index is 16.8. The van der Waals surface area contributed by atoms with E-state index in [0.29, 0.717) is 24.3 Å². The molecule has 0 amide bonds. The van der Waals surface area contributed by atoms with Gasteiger partial charge in [0.1, 0.15) is 41.0 Å². The normalized spacial score (nSPS) is 20.0. The van der Waals surface area contributed by atoms with Gasteiger partial charge in [-0.25, -0.2) is 13.2 Å². The molecule has 15 heteroatoms. The summed E-state index contributed by atoms with van der Waals surface area (Å²) in [5, 5.41) is 18.6. The summed E-state index contributed by atoms with van der Waals surface area (Å²) in [4.78, 5) is 12.3. The van der Waals surface area contributed by atoms with E-state index in [2.05, 4.69) is 9.97 Å². The van der Waals surface area contributed by atoms with Gasteiger partial charge < -0.3 is 20.5 Å². The summed E-state index contributed by atoms with van der Waals surface area (Å²) in [6.07, 6.45) is -4.13. The highest BCUT2D eigenvalue weighted by atomic mass is 32.1. The number of benzene rings is 2. The van der Waals surface area contributed by atoms with E-state index in [1.165, 1.54) is 0 Å². The van der Waals surface area contributed by atoms with Gasteiger partial charge >= 0.3 is 12.2 Å². The first-order valence-electron chi connectivity index (χ1n) is 14.8. The number of aliphatic hydroxyl groups excluding tert-OH is 1. The van der Waals surface area contributed by atoms with E-state index in [0.717, 1.165) is 24.6 Å². The molecule has 6 rings (SSSR count). The van der Waals surface area contributed by atoms with Crippen LogP contribution in [0.5, 0.6) is 6.01 Å². The summed E-state index contributed by atoms with van der Waals surface area (Å²) in [6, 6.07) is 4.14. The van der Waals surface area contributed by atoms with Crippen LogP contribution in [-0.4, -0.2) is 71.1 Å². The van der Waals surface area contributed by atoms with Gasteiger partial charge in [0.2, 0.25) is 0 Å². The van der Waals surface area contributed by atoms with Crippen LogP contribution < -0.4 is 15.4 Å². The number of alkyl halides is 4. The van der Waals surface area contributed by atoms with Crippen LogP contribution in [0.15, 0.2) is 18.2 Å². The van der Waals surface area contributed by atoms with Crippen LogP contribution in [0.25, 0.3) is 32.1 Å². The first-order valence-corrected chi connectivity index (χ1v) is 15.6. The van der Waals surface area contributed by atoms with E-state index in [1.807, 2.05) is 4.90 Å². The van der Waals surface area contributed by atoms with Gasteiger partial charge in [0.05, 0.1) is 21.4 Å². The van der Waals surface area contributed by atoms with E-state index in [-0.39, 0.29) is 89.1 Å². The van der Waals surface area contributed by atoms with Gasteiger partial charge in [0.25, 0.3) is 0 Å². The first kappa shape index (κ1) is 32.1. The van der Waals surface area contributed by atoms with Crippen molar-refractivity contribution in [3.63, 3.8) is 0 Å². The molecule has 2 aliphatic rings. The van der Waals surface area contributed by atoms with Crippen LogP contribution in [0.2, 0.25) is 0 Å². The lowest BCUT2D eigenvalue weighted by atomic mass is 9.92. The van der Waals surface area contributed by atoms with E-state index in [4.69, 9.17) is 10.5 Å². The number of halogens is 6. The molecule has 0 radical (unpaired) electrons. The summed E-state index contributed by atoms with van der Waals surface area (Å²) in [6.45, 7) is 2.91. The van der Waals surface area contributed by atoms with E-state index >= 15 is 4.39 Å². The van der Waals surface area contributed by atoms with Crippen LogP contribution in [0.1, 0.15) is 43.7 Å². The van der Waals surface area contributed by atoms with Crippen LogP contribution in [0.4, 0.5) is 37.2 Å². The number of hydrogen-bond donors (Lipinski definition) is 2. The number of ether oxygens (including phenoxy) is 1. The molecular weight excluding hydrogens is 634 g/mol. The minimum absolute atomic E-state index is 0.00542. The molecule has 2 aliphatic heterocycles. The molecule has 4 aromatic rings. The van der Waals surface area contributed by atoms with Gasteiger partial charge in [-0.2, -0.15) is 28.4 Å². The smallest absolute Gasteiger partial charge is 0.417 e. The number of aliphatic hydroxyl groups is 1. The molecule has 46 heavy (non-hydrogen) atoms. The van der Waals surface area contributed by atoms with Crippen LogP contribution in [0, 0.1) is 23.0 Å². The maximum Gasteiger partial charge on any atom is 0.417 e. The molecule has 244 valence electrons. The highest BCUT2D eigenvalue weighted by Crippen LogP contribution is 2.48. The molecule has 3 N–H and O–H groups in total. The second-order valence-corrected chi connectivity index (χ2v) is 12.7. The molecule has 2 atom stereocenters. The molecule has 2 aromatic carbocycles. The largest absolute Gasteiger partial charge is 0.461 e. The number of nitrogens with zero attached hydrogens (tertiary/aromatic N) is 5. The molecule has 0 bridgehead atoms. The summed E-state index contributed by atoms with van der Waals surface area (Å²) in [7, 11) is 0. The molecule has 0 saturated carbocycles.